The molecule has 0 radical (unpaired) electrons. The molecule has 0 saturated heterocycles. The Morgan fingerprint density at radius 2 is 1.65 bits per heavy atom. The van der Waals surface area contributed by atoms with Gasteiger partial charge >= 0.3 is 0 Å². The summed E-state index contributed by atoms with van der Waals surface area (Å²) in [6.45, 7) is 4.71. The molecular formula is C33H43NO3. The average molecular weight is 502 g/mol. The lowest BCUT2D eigenvalue weighted by Gasteiger charge is -2.33. The quantitative estimate of drug-likeness (QED) is 0.194. The number of nitrogens with zero attached hydrogens (tertiary/aromatic N) is 1. The van der Waals surface area contributed by atoms with Crippen LogP contribution in [0, 0.1) is 0 Å². The van der Waals surface area contributed by atoms with Gasteiger partial charge in [0, 0.05) is 19.1 Å². The molecule has 0 amide bonds. The SMILES string of the molecule is CCCCCCOc1ccc2c(c1)CC(N(Cc1ccccc1)C[C@H](O)COc1ccccc1)CCC2. The second-order valence-corrected chi connectivity index (χ2v) is 10.3. The van der Waals surface area contributed by atoms with E-state index in [1.54, 1.807) is 0 Å². The third-order valence-electron chi connectivity index (χ3n) is 7.26. The topological polar surface area (TPSA) is 41.9 Å². The maximum Gasteiger partial charge on any atom is 0.119 e. The predicted octanol–water partition coefficient (Wildman–Crippen LogP) is 6.84. The van der Waals surface area contributed by atoms with Crippen molar-refractivity contribution in [1.82, 2.24) is 4.90 Å². The second kappa shape index (κ2) is 14.8. The summed E-state index contributed by atoms with van der Waals surface area (Å²) in [5, 5.41) is 11.0. The van der Waals surface area contributed by atoms with Gasteiger partial charge in [0.1, 0.15) is 24.2 Å². The first-order valence-corrected chi connectivity index (χ1v) is 14.1. The first kappa shape index (κ1) is 27.2. The van der Waals surface area contributed by atoms with Crippen LogP contribution in [0.3, 0.4) is 0 Å². The summed E-state index contributed by atoms with van der Waals surface area (Å²) in [5.41, 5.74) is 4.10. The summed E-state index contributed by atoms with van der Waals surface area (Å²) in [7, 11) is 0. The number of hydrogen-bond donors (Lipinski definition) is 1. The molecule has 198 valence electrons. The summed E-state index contributed by atoms with van der Waals surface area (Å²) < 4.78 is 12.0. The van der Waals surface area contributed by atoms with Crippen LogP contribution >= 0.6 is 0 Å². The van der Waals surface area contributed by atoms with Crippen molar-refractivity contribution in [2.24, 2.45) is 0 Å². The molecule has 4 nitrogen and oxygen atoms in total. The molecule has 3 aromatic carbocycles. The van der Waals surface area contributed by atoms with Crippen LogP contribution < -0.4 is 9.47 Å². The number of fused-ring (bicyclic) bond motifs is 1. The molecule has 2 atom stereocenters. The van der Waals surface area contributed by atoms with Gasteiger partial charge in [-0.15, -0.1) is 0 Å². The third-order valence-corrected chi connectivity index (χ3v) is 7.26. The van der Waals surface area contributed by atoms with Crippen molar-refractivity contribution in [2.75, 3.05) is 19.8 Å². The Hall–Kier alpha value is -2.82. The molecule has 0 aromatic heterocycles. The van der Waals surface area contributed by atoms with E-state index >= 15 is 0 Å². The average Bonchev–Trinajstić information content (AvgIpc) is 3.15. The smallest absolute Gasteiger partial charge is 0.119 e. The van der Waals surface area contributed by atoms with Gasteiger partial charge in [-0.3, -0.25) is 4.90 Å². The standard InChI is InChI=1S/C33H43NO3/c1-2-3-4-11-21-36-33-20-19-28-15-12-16-30(22-29(28)23-33)34(24-27-13-7-5-8-14-27)25-31(35)26-37-32-17-9-6-10-18-32/h5-10,13-14,17-20,23,30-31,35H,2-4,11-12,15-16,21-22,24-26H2,1H3/t30?,31-/m0/s1. The number of benzene rings is 3. The molecule has 0 heterocycles. The first-order chi connectivity index (χ1) is 18.2. The fourth-order valence-corrected chi connectivity index (χ4v) is 5.23. The van der Waals surface area contributed by atoms with Gasteiger partial charge in [-0.1, -0.05) is 80.8 Å². The van der Waals surface area contributed by atoms with Crippen LogP contribution in [0.5, 0.6) is 11.5 Å². The molecule has 37 heavy (non-hydrogen) atoms. The van der Waals surface area contributed by atoms with E-state index in [0.29, 0.717) is 12.6 Å². The lowest BCUT2D eigenvalue weighted by Crippen LogP contribution is -2.42. The lowest BCUT2D eigenvalue weighted by molar-refractivity contribution is 0.0463. The van der Waals surface area contributed by atoms with Crippen LogP contribution in [0.15, 0.2) is 78.9 Å². The highest BCUT2D eigenvalue weighted by molar-refractivity contribution is 5.37. The van der Waals surface area contributed by atoms with Gasteiger partial charge in [0.2, 0.25) is 0 Å². The molecule has 1 aliphatic rings. The van der Waals surface area contributed by atoms with E-state index in [1.807, 2.05) is 30.3 Å². The van der Waals surface area contributed by atoms with E-state index in [0.717, 1.165) is 56.8 Å². The summed E-state index contributed by atoms with van der Waals surface area (Å²) in [6.07, 6.45) is 8.63. The minimum absolute atomic E-state index is 0.286. The summed E-state index contributed by atoms with van der Waals surface area (Å²) in [5.74, 6) is 1.78. The fourth-order valence-electron chi connectivity index (χ4n) is 5.23. The molecule has 3 aromatic rings. The number of unbranched alkanes of at least 4 members (excludes halogenated alkanes) is 3. The molecule has 0 spiro atoms. The van der Waals surface area contributed by atoms with Crippen molar-refractivity contribution < 1.29 is 14.6 Å². The van der Waals surface area contributed by atoms with Gasteiger partial charge in [0.25, 0.3) is 0 Å². The number of para-hydroxylation sites is 1. The van der Waals surface area contributed by atoms with Crippen molar-refractivity contribution in [3.8, 4) is 11.5 Å². The number of ether oxygens (including phenoxy) is 2. The minimum atomic E-state index is -0.565. The molecule has 1 N–H and O–H groups in total. The lowest BCUT2D eigenvalue weighted by atomic mass is 10.00. The maximum absolute atomic E-state index is 11.0. The van der Waals surface area contributed by atoms with Crippen LogP contribution in [0.1, 0.15) is 62.1 Å². The zero-order valence-electron chi connectivity index (χ0n) is 22.4. The molecule has 4 rings (SSSR count). The van der Waals surface area contributed by atoms with E-state index in [1.165, 1.54) is 36.0 Å². The molecule has 4 heteroatoms. The highest BCUT2D eigenvalue weighted by Gasteiger charge is 2.25. The summed E-state index contributed by atoms with van der Waals surface area (Å²) in [6, 6.07) is 27.4. The Kier molecular flexibility index (Phi) is 10.9. The van der Waals surface area contributed by atoms with Crippen molar-refractivity contribution in [3.63, 3.8) is 0 Å². The van der Waals surface area contributed by atoms with Crippen LogP contribution in [0.25, 0.3) is 0 Å². The summed E-state index contributed by atoms with van der Waals surface area (Å²) in [4.78, 5) is 2.46. The van der Waals surface area contributed by atoms with E-state index in [-0.39, 0.29) is 6.61 Å². The largest absolute Gasteiger partial charge is 0.494 e. The monoisotopic (exact) mass is 501 g/mol. The van der Waals surface area contributed by atoms with Crippen molar-refractivity contribution >= 4 is 0 Å². The third kappa shape index (κ3) is 8.91. The minimum Gasteiger partial charge on any atom is -0.494 e. The molecule has 1 unspecified atom stereocenters. The molecule has 0 aliphatic heterocycles. The Morgan fingerprint density at radius 1 is 0.865 bits per heavy atom. The zero-order valence-corrected chi connectivity index (χ0v) is 22.4. The Labute approximate surface area is 223 Å². The fraction of sp³-hybridized carbons (Fsp3) is 0.455. The van der Waals surface area contributed by atoms with Crippen LogP contribution in [-0.2, 0) is 19.4 Å². The van der Waals surface area contributed by atoms with Crippen LogP contribution in [0.4, 0.5) is 0 Å². The molecule has 0 bridgehead atoms. The Balaban J connectivity index is 1.43. The predicted molar refractivity (Wildman–Crippen MR) is 151 cm³/mol. The Morgan fingerprint density at radius 3 is 2.43 bits per heavy atom. The van der Waals surface area contributed by atoms with Crippen molar-refractivity contribution in [3.05, 3.63) is 95.6 Å². The normalized spacial score (nSPS) is 16.1. The van der Waals surface area contributed by atoms with Crippen molar-refractivity contribution in [1.29, 1.82) is 0 Å². The maximum atomic E-state index is 11.0. The van der Waals surface area contributed by atoms with Gasteiger partial charge in [0.05, 0.1) is 6.61 Å². The second-order valence-electron chi connectivity index (χ2n) is 10.3. The van der Waals surface area contributed by atoms with E-state index in [4.69, 9.17) is 9.47 Å². The van der Waals surface area contributed by atoms with E-state index in [9.17, 15) is 5.11 Å². The summed E-state index contributed by atoms with van der Waals surface area (Å²) >= 11 is 0. The Bertz CT molecular complexity index is 1040. The highest BCUT2D eigenvalue weighted by Crippen LogP contribution is 2.28. The molecule has 0 saturated carbocycles. The van der Waals surface area contributed by atoms with Gasteiger partial charge < -0.3 is 14.6 Å². The number of rotatable bonds is 14. The van der Waals surface area contributed by atoms with Gasteiger partial charge in [0.15, 0.2) is 0 Å². The van der Waals surface area contributed by atoms with Crippen LogP contribution in [-0.4, -0.2) is 41.9 Å². The molecule has 0 fully saturated rings. The number of hydrogen-bond acceptors (Lipinski definition) is 4. The number of aliphatic hydroxyl groups is 1. The van der Waals surface area contributed by atoms with Crippen molar-refractivity contribution in [2.45, 2.75) is 77.0 Å². The first-order valence-electron chi connectivity index (χ1n) is 14.1. The zero-order chi connectivity index (χ0) is 25.7. The van der Waals surface area contributed by atoms with E-state index < -0.39 is 6.10 Å². The van der Waals surface area contributed by atoms with Gasteiger partial charge in [-0.25, -0.2) is 0 Å². The molecule has 1 aliphatic carbocycles. The number of aliphatic hydroxyl groups excluding tert-OH is 1. The van der Waals surface area contributed by atoms with Crippen LogP contribution in [0.2, 0.25) is 0 Å². The highest BCUT2D eigenvalue weighted by atomic mass is 16.5. The van der Waals surface area contributed by atoms with E-state index in [2.05, 4.69) is 60.4 Å². The number of aryl methyl sites for hydroxylation is 1. The van der Waals surface area contributed by atoms with Gasteiger partial charge in [-0.2, -0.15) is 0 Å². The van der Waals surface area contributed by atoms with Gasteiger partial charge in [-0.05, 0) is 73.1 Å². The molecular weight excluding hydrogens is 458 g/mol.